The average molecular weight is 215 g/mol. The van der Waals surface area contributed by atoms with Gasteiger partial charge < -0.3 is 5.11 Å². The minimum Gasteiger partial charge on any atom is -0.375 e. The standard InChI is InChI=1S/C9H11BrO/c10-9(11)5-3-8(4-6-9)7-1-2-7/h3-5,7,11H,1-2,6H2. The van der Waals surface area contributed by atoms with Crippen LogP contribution >= 0.6 is 15.9 Å². The van der Waals surface area contributed by atoms with E-state index >= 15 is 0 Å². The van der Waals surface area contributed by atoms with E-state index in [2.05, 4.69) is 22.0 Å². The fourth-order valence-corrected chi connectivity index (χ4v) is 1.63. The summed E-state index contributed by atoms with van der Waals surface area (Å²) in [6.45, 7) is 0. The summed E-state index contributed by atoms with van der Waals surface area (Å²) >= 11 is 3.21. The Kier molecular flexibility index (Phi) is 1.69. The van der Waals surface area contributed by atoms with Crippen LogP contribution < -0.4 is 0 Å². The topological polar surface area (TPSA) is 20.2 Å². The third-order valence-corrected chi connectivity index (χ3v) is 2.79. The summed E-state index contributed by atoms with van der Waals surface area (Å²) in [6.07, 6.45) is 9.37. The number of hydrogen-bond acceptors (Lipinski definition) is 1. The molecule has 1 N–H and O–H groups in total. The van der Waals surface area contributed by atoms with Crippen molar-refractivity contribution >= 4 is 15.9 Å². The first-order valence-corrected chi connectivity index (χ1v) is 4.77. The molecule has 2 heteroatoms. The van der Waals surface area contributed by atoms with E-state index in [0.717, 1.165) is 5.92 Å². The van der Waals surface area contributed by atoms with Gasteiger partial charge in [-0.25, -0.2) is 0 Å². The smallest absolute Gasteiger partial charge is 0.141 e. The number of aliphatic hydroxyl groups is 1. The molecule has 60 valence electrons. The van der Waals surface area contributed by atoms with Crippen LogP contribution in [0.25, 0.3) is 0 Å². The molecule has 0 heterocycles. The zero-order valence-corrected chi connectivity index (χ0v) is 7.84. The number of allylic oxidation sites excluding steroid dienone is 2. The van der Waals surface area contributed by atoms with Crippen LogP contribution in [0.15, 0.2) is 23.8 Å². The quantitative estimate of drug-likeness (QED) is 0.665. The molecule has 1 nitrogen and oxygen atoms in total. The van der Waals surface area contributed by atoms with E-state index in [-0.39, 0.29) is 0 Å². The molecule has 1 unspecified atom stereocenters. The fourth-order valence-electron chi connectivity index (χ4n) is 1.34. The van der Waals surface area contributed by atoms with E-state index in [0.29, 0.717) is 6.42 Å². The van der Waals surface area contributed by atoms with Crippen LogP contribution in [0, 0.1) is 5.92 Å². The van der Waals surface area contributed by atoms with Gasteiger partial charge in [-0.05, 0) is 46.3 Å². The molecule has 0 aromatic rings. The van der Waals surface area contributed by atoms with Gasteiger partial charge in [0.2, 0.25) is 0 Å². The Morgan fingerprint density at radius 2 is 2.27 bits per heavy atom. The van der Waals surface area contributed by atoms with Crippen molar-refractivity contribution in [2.75, 3.05) is 0 Å². The third-order valence-electron chi connectivity index (χ3n) is 2.20. The van der Waals surface area contributed by atoms with Gasteiger partial charge in [-0.2, -0.15) is 0 Å². The molecule has 2 rings (SSSR count). The second-order valence-corrected chi connectivity index (χ2v) is 4.71. The molecule has 11 heavy (non-hydrogen) atoms. The summed E-state index contributed by atoms with van der Waals surface area (Å²) in [6, 6.07) is 0. The van der Waals surface area contributed by atoms with Gasteiger partial charge in [-0.15, -0.1) is 0 Å². The molecule has 0 aromatic carbocycles. The van der Waals surface area contributed by atoms with E-state index in [9.17, 15) is 5.11 Å². The molecule has 0 amide bonds. The molecule has 0 aromatic heterocycles. The van der Waals surface area contributed by atoms with Crippen molar-refractivity contribution < 1.29 is 5.11 Å². The first kappa shape index (κ1) is 7.56. The van der Waals surface area contributed by atoms with Crippen LogP contribution in [0.3, 0.4) is 0 Å². The van der Waals surface area contributed by atoms with Crippen molar-refractivity contribution in [1.29, 1.82) is 0 Å². The van der Waals surface area contributed by atoms with Crippen molar-refractivity contribution in [2.45, 2.75) is 23.8 Å². The first-order valence-electron chi connectivity index (χ1n) is 3.98. The molecule has 0 bridgehead atoms. The van der Waals surface area contributed by atoms with Crippen molar-refractivity contribution in [2.24, 2.45) is 5.92 Å². The number of hydrogen-bond donors (Lipinski definition) is 1. The first-order chi connectivity index (χ1) is 5.17. The zero-order chi connectivity index (χ0) is 7.90. The Bertz CT molecular complexity index is 224. The Balaban J connectivity index is 2.08. The second-order valence-electron chi connectivity index (χ2n) is 3.33. The highest BCUT2D eigenvalue weighted by atomic mass is 79.9. The number of halogens is 1. The summed E-state index contributed by atoms with van der Waals surface area (Å²) in [7, 11) is 0. The highest BCUT2D eigenvalue weighted by molar-refractivity contribution is 9.10. The lowest BCUT2D eigenvalue weighted by Gasteiger charge is -2.19. The van der Waals surface area contributed by atoms with E-state index in [1.165, 1.54) is 18.4 Å². The Morgan fingerprint density at radius 3 is 2.73 bits per heavy atom. The summed E-state index contributed by atoms with van der Waals surface area (Å²) in [5.41, 5.74) is 1.41. The monoisotopic (exact) mass is 214 g/mol. The van der Waals surface area contributed by atoms with Gasteiger partial charge in [0.05, 0.1) is 0 Å². The molecule has 1 fully saturated rings. The van der Waals surface area contributed by atoms with Gasteiger partial charge in [0.25, 0.3) is 0 Å². The average Bonchev–Trinajstić information content (AvgIpc) is 2.70. The highest BCUT2D eigenvalue weighted by Crippen LogP contribution is 2.40. The van der Waals surface area contributed by atoms with Crippen LogP contribution in [0.5, 0.6) is 0 Å². The van der Waals surface area contributed by atoms with Crippen LogP contribution in [-0.2, 0) is 0 Å². The summed E-state index contributed by atoms with van der Waals surface area (Å²) in [5.74, 6) is 0.801. The number of rotatable bonds is 1. The fraction of sp³-hybridized carbons (Fsp3) is 0.556. The van der Waals surface area contributed by atoms with Crippen molar-refractivity contribution in [1.82, 2.24) is 0 Å². The molecule has 1 atom stereocenters. The van der Waals surface area contributed by atoms with E-state index < -0.39 is 4.51 Å². The van der Waals surface area contributed by atoms with Gasteiger partial charge in [0.1, 0.15) is 4.51 Å². The maximum absolute atomic E-state index is 9.48. The van der Waals surface area contributed by atoms with E-state index in [1.54, 1.807) is 0 Å². The summed E-state index contributed by atoms with van der Waals surface area (Å²) in [4.78, 5) is 0. The van der Waals surface area contributed by atoms with Gasteiger partial charge in [-0.1, -0.05) is 12.2 Å². The maximum Gasteiger partial charge on any atom is 0.141 e. The van der Waals surface area contributed by atoms with Gasteiger partial charge >= 0.3 is 0 Å². The van der Waals surface area contributed by atoms with Crippen molar-refractivity contribution in [3.8, 4) is 0 Å². The molecule has 0 radical (unpaired) electrons. The molecule has 0 aliphatic heterocycles. The van der Waals surface area contributed by atoms with Gasteiger partial charge in [0, 0.05) is 6.42 Å². The molecule has 0 spiro atoms. The SMILES string of the molecule is OC1(Br)C=CC(C2CC2)=CC1. The largest absolute Gasteiger partial charge is 0.375 e. The minimum absolute atomic E-state index is 0.704. The normalized spacial score (nSPS) is 37.1. The lowest BCUT2D eigenvalue weighted by Crippen LogP contribution is -2.17. The Labute approximate surface area is 74.9 Å². The van der Waals surface area contributed by atoms with Gasteiger partial charge in [-0.3, -0.25) is 0 Å². The molecule has 2 aliphatic rings. The highest BCUT2D eigenvalue weighted by Gasteiger charge is 2.28. The van der Waals surface area contributed by atoms with Gasteiger partial charge in [0.15, 0.2) is 0 Å². The second kappa shape index (κ2) is 2.46. The zero-order valence-electron chi connectivity index (χ0n) is 6.26. The molecule has 1 saturated carbocycles. The van der Waals surface area contributed by atoms with Crippen molar-refractivity contribution in [3.05, 3.63) is 23.8 Å². The van der Waals surface area contributed by atoms with Crippen LogP contribution in [0.2, 0.25) is 0 Å². The third kappa shape index (κ3) is 1.74. The molecular formula is C9H11BrO. The Morgan fingerprint density at radius 1 is 1.55 bits per heavy atom. The van der Waals surface area contributed by atoms with Crippen LogP contribution in [0.1, 0.15) is 19.3 Å². The predicted octanol–water partition coefficient (Wildman–Crippen LogP) is 2.37. The molecule has 0 saturated heterocycles. The van der Waals surface area contributed by atoms with E-state index in [1.807, 2.05) is 12.2 Å². The Hall–Kier alpha value is -0.0800. The van der Waals surface area contributed by atoms with Crippen molar-refractivity contribution in [3.63, 3.8) is 0 Å². The lowest BCUT2D eigenvalue weighted by molar-refractivity contribution is 0.197. The maximum atomic E-state index is 9.48. The minimum atomic E-state index is -0.772. The van der Waals surface area contributed by atoms with Crippen LogP contribution in [-0.4, -0.2) is 9.62 Å². The summed E-state index contributed by atoms with van der Waals surface area (Å²) in [5, 5.41) is 9.48. The summed E-state index contributed by atoms with van der Waals surface area (Å²) < 4.78 is -0.772. The number of alkyl halides is 1. The lowest BCUT2D eigenvalue weighted by atomic mass is 10.0. The molecular weight excluding hydrogens is 204 g/mol. The van der Waals surface area contributed by atoms with E-state index in [4.69, 9.17) is 0 Å². The predicted molar refractivity (Wildman–Crippen MR) is 48.4 cm³/mol. The van der Waals surface area contributed by atoms with Crippen LogP contribution in [0.4, 0.5) is 0 Å². The molecule has 2 aliphatic carbocycles.